The van der Waals surface area contributed by atoms with Gasteiger partial charge in [-0.15, -0.1) is 0 Å². The molecule has 0 aliphatic carbocycles. The van der Waals surface area contributed by atoms with Crippen molar-refractivity contribution in [3.05, 3.63) is 59.8 Å². The Morgan fingerprint density at radius 2 is 1.71 bits per heavy atom. The van der Waals surface area contributed by atoms with Crippen LogP contribution in [0.5, 0.6) is 5.75 Å². The Morgan fingerprint density at radius 3 is 2.39 bits per heavy atom. The second kappa shape index (κ2) is 7.38. The number of para-hydroxylation sites is 3. The zero-order valence-electron chi connectivity index (χ0n) is 15.1. The number of fused-ring (bicyclic) bond motifs is 1. The van der Waals surface area contributed by atoms with Crippen molar-refractivity contribution in [1.82, 2.24) is 4.57 Å². The predicted molar refractivity (Wildman–Crippen MR) is 98.7 cm³/mol. The van der Waals surface area contributed by atoms with E-state index in [1.807, 2.05) is 0 Å². The minimum Gasteiger partial charge on any atom is -0.495 e. The predicted octanol–water partition coefficient (Wildman–Crippen LogP) is 4.34. The van der Waals surface area contributed by atoms with E-state index in [0.717, 1.165) is 0 Å². The molecule has 0 saturated carbocycles. The van der Waals surface area contributed by atoms with Gasteiger partial charge in [-0.3, -0.25) is 9.59 Å². The molecule has 5 nitrogen and oxygen atoms in total. The third kappa shape index (κ3) is 3.58. The minimum atomic E-state index is -5.00. The number of nitrogens with one attached hydrogen (secondary N) is 1. The highest BCUT2D eigenvalue weighted by Crippen LogP contribution is 2.32. The van der Waals surface area contributed by atoms with Gasteiger partial charge < -0.3 is 14.6 Å². The van der Waals surface area contributed by atoms with Crippen LogP contribution in [0.3, 0.4) is 0 Å². The number of amides is 1. The molecule has 0 fully saturated rings. The fourth-order valence-electron chi connectivity index (χ4n) is 3.14. The van der Waals surface area contributed by atoms with Crippen molar-refractivity contribution >= 4 is 28.3 Å². The number of methoxy groups -OCH3 is 1. The van der Waals surface area contributed by atoms with Crippen LogP contribution in [0.1, 0.15) is 16.1 Å². The lowest BCUT2D eigenvalue weighted by Crippen LogP contribution is -2.24. The van der Waals surface area contributed by atoms with Gasteiger partial charge >= 0.3 is 6.18 Å². The Labute approximate surface area is 158 Å². The van der Waals surface area contributed by atoms with Gasteiger partial charge in [0.05, 0.1) is 18.4 Å². The molecule has 2 aromatic carbocycles. The molecule has 0 saturated heterocycles. The summed E-state index contributed by atoms with van der Waals surface area (Å²) < 4.78 is 45.7. The van der Waals surface area contributed by atoms with Crippen LogP contribution in [0.2, 0.25) is 0 Å². The monoisotopic (exact) mass is 390 g/mol. The summed E-state index contributed by atoms with van der Waals surface area (Å²) in [6, 6.07) is 13.0. The van der Waals surface area contributed by atoms with E-state index in [1.165, 1.54) is 24.7 Å². The van der Waals surface area contributed by atoms with E-state index in [9.17, 15) is 22.8 Å². The molecule has 1 heterocycles. The highest BCUT2D eigenvalue weighted by molar-refractivity contribution is 6.12. The van der Waals surface area contributed by atoms with Gasteiger partial charge in [0.15, 0.2) is 0 Å². The number of carbonyl (C=O) groups is 2. The number of ketones is 1. The van der Waals surface area contributed by atoms with Crippen LogP contribution in [-0.4, -0.2) is 29.5 Å². The van der Waals surface area contributed by atoms with E-state index in [2.05, 4.69) is 5.32 Å². The molecular weight excluding hydrogens is 373 g/mol. The minimum absolute atomic E-state index is 0.0821. The number of nitrogens with zero attached hydrogens (tertiary/aromatic N) is 1. The number of rotatable bonds is 5. The lowest BCUT2D eigenvalue weighted by Gasteiger charge is -2.12. The molecule has 0 radical (unpaired) electrons. The second-order valence-corrected chi connectivity index (χ2v) is 6.14. The molecule has 3 aromatic rings. The van der Waals surface area contributed by atoms with Crippen molar-refractivity contribution in [2.45, 2.75) is 19.6 Å². The van der Waals surface area contributed by atoms with Crippen molar-refractivity contribution in [3.8, 4) is 5.75 Å². The van der Waals surface area contributed by atoms with Crippen LogP contribution >= 0.6 is 0 Å². The summed E-state index contributed by atoms with van der Waals surface area (Å²) >= 11 is 0. The summed E-state index contributed by atoms with van der Waals surface area (Å²) in [5.74, 6) is -1.93. The van der Waals surface area contributed by atoms with Gasteiger partial charge in [-0.25, -0.2) is 0 Å². The van der Waals surface area contributed by atoms with Gasteiger partial charge in [0.25, 0.3) is 5.78 Å². The fourth-order valence-corrected chi connectivity index (χ4v) is 3.14. The first kappa shape index (κ1) is 19.5. The number of aromatic nitrogens is 1. The summed E-state index contributed by atoms with van der Waals surface area (Å²) in [7, 11) is 1.46. The number of hydrogen-bond donors (Lipinski definition) is 1. The van der Waals surface area contributed by atoms with E-state index in [-0.39, 0.29) is 17.6 Å². The fraction of sp³-hybridized carbons (Fsp3) is 0.200. The zero-order valence-corrected chi connectivity index (χ0v) is 15.1. The van der Waals surface area contributed by atoms with Gasteiger partial charge in [0.2, 0.25) is 5.91 Å². The van der Waals surface area contributed by atoms with Gasteiger partial charge in [-0.2, -0.15) is 13.2 Å². The van der Waals surface area contributed by atoms with E-state index in [1.54, 1.807) is 42.5 Å². The highest BCUT2D eigenvalue weighted by atomic mass is 19.4. The maximum atomic E-state index is 13.0. The second-order valence-electron chi connectivity index (χ2n) is 6.14. The van der Waals surface area contributed by atoms with E-state index in [4.69, 9.17) is 4.74 Å². The van der Waals surface area contributed by atoms with E-state index in [0.29, 0.717) is 17.0 Å². The Morgan fingerprint density at radius 1 is 1.07 bits per heavy atom. The molecule has 28 heavy (non-hydrogen) atoms. The molecule has 0 aliphatic rings. The standard InChI is InChI=1S/C20H17F3N2O3/c1-12-18(19(27)20(21,22)23)13-7-3-5-9-15(13)25(12)11-17(26)24-14-8-4-6-10-16(14)28-2/h3-10H,11H2,1-2H3,(H,24,26). The molecular formula is C20H17F3N2O3. The van der Waals surface area contributed by atoms with Crippen LogP contribution in [0.15, 0.2) is 48.5 Å². The number of carbonyl (C=O) groups excluding carboxylic acids is 2. The Kier molecular flexibility index (Phi) is 5.13. The molecule has 0 bridgehead atoms. The first-order chi connectivity index (χ1) is 13.2. The smallest absolute Gasteiger partial charge is 0.454 e. The number of alkyl halides is 3. The Balaban J connectivity index is 1.99. The van der Waals surface area contributed by atoms with Crippen LogP contribution in [-0.2, 0) is 11.3 Å². The Bertz CT molecular complexity index is 1050. The van der Waals surface area contributed by atoms with E-state index >= 15 is 0 Å². The molecule has 1 N–H and O–H groups in total. The van der Waals surface area contributed by atoms with Gasteiger partial charge in [-0.1, -0.05) is 30.3 Å². The van der Waals surface area contributed by atoms with Gasteiger partial charge in [-0.05, 0) is 25.1 Å². The zero-order chi connectivity index (χ0) is 20.5. The van der Waals surface area contributed by atoms with Crippen LogP contribution in [0.4, 0.5) is 18.9 Å². The molecule has 0 unspecified atom stereocenters. The lowest BCUT2D eigenvalue weighted by molar-refractivity contribution is -0.116. The van der Waals surface area contributed by atoms with E-state index < -0.39 is 23.4 Å². The average Bonchev–Trinajstić information content (AvgIpc) is 2.92. The van der Waals surface area contributed by atoms with Gasteiger partial charge in [0.1, 0.15) is 12.3 Å². The quantitative estimate of drug-likeness (QED) is 0.660. The summed E-state index contributed by atoms with van der Waals surface area (Å²) in [4.78, 5) is 24.4. The van der Waals surface area contributed by atoms with Crippen molar-refractivity contribution in [1.29, 1.82) is 0 Å². The van der Waals surface area contributed by atoms with Crippen LogP contribution in [0, 0.1) is 6.92 Å². The lowest BCUT2D eigenvalue weighted by atomic mass is 10.1. The number of anilines is 1. The molecule has 1 amide bonds. The average molecular weight is 390 g/mol. The normalized spacial score (nSPS) is 11.5. The largest absolute Gasteiger partial charge is 0.495 e. The molecule has 0 spiro atoms. The number of halogens is 3. The van der Waals surface area contributed by atoms with Gasteiger partial charge in [0, 0.05) is 16.6 Å². The Hall–Kier alpha value is -3.29. The summed E-state index contributed by atoms with van der Waals surface area (Å²) in [5, 5.41) is 2.84. The van der Waals surface area contributed by atoms with Crippen molar-refractivity contribution < 1.29 is 27.5 Å². The third-order valence-corrected chi connectivity index (χ3v) is 4.40. The summed E-state index contributed by atoms with van der Waals surface area (Å²) in [6.45, 7) is 1.14. The number of benzene rings is 2. The highest BCUT2D eigenvalue weighted by Gasteiger charge is 2.42. The third-order valence-electron chi connectivity index (χ3n) is 4.40. The summed E-state index contributed by atoms with van der Waals surface area (Å²) in [6.07, 6.45) is -5.00. The first-order valence-electron chi connectivity index (χ1n) is 8.36. The van der Waals surface area contributed by atoms with Crippen molar-refractivity contribution in [3.63, 3.8) is 0 Å². The number of Topliss-reactive ketones (excluding diaryl/α,β-unsaturated/α-hetero) is 1. The maximum Gasteiger partial charge on any atom is 0.454 e. The molecule has 0 aliphatic heterocycles. The summed E-state index contributed by atoms with van der Waals surface area (Å²) in [5.41, 5.74) is 0.463. The topological polar surface area (TPSA) is 60.3 Å². The first-order valence-corrected chi connectivity index (χ1v) is 8.36. The van der Waals surface area contributed by atoms with Crippen LogP contribution in [0.25, 0.3) is 10.9 Å². The molecule has 8 heteroatoms. The molecule has 1 aromatic heterocycles. The molecule has 146 valence electrons. The SMILES string of the molecule is COc1ccccc1NC(=O)Cn1c(C)c(C(=O)C(F)(F)F)c2ccccc21. The van der Waals surface area contributed by atoms with Crippen molar-refractivity contribution in [2.24, 2.45) is 0 Å². The molecule has 0 atom stereocenters. The maximum absolute atomic E-state index is 13.0. The number of hydrogen-bond acceptors (Lipinski definition) is 3. The van der Waals surface area contributed by atoms with Crippen LogP contribution < -0.4 is 10.1 Å². The number of ether oxygens (including phenoxy) is 1. The molecule has 3 rings (SSSR count). The van der Waals surface area contributed by atoms with Crippen molar-refractivity contribution in [2.75, 3.05) is 12.4 Å².